The second kappa shape index (κ2) is 3.64. The predicted octanol–water partition coefficient (Wildman–Crippen LogP) is 1.84. The molecule has 2 aromatic heterocycles. The van der Waals surface area contributed by atoms with Gasteiger partial charge < -0.3 is 14.7 Å². The Morgan fingerprint density at radius 2 is 2.40 bits per heavy atom. The van der Waals surface area contributed by atoms with Gasteiger partial charge in [0.1, 0.15) is 11.8 Å². The largest absolute Gasteiger partial charge is 0.453 e. The Kier molecular flexibility index (Phi) is 2.28. The molecule has 2 aromatic rings. The minimum absolute atomic E-state index is 0.100. The van der Waals surface area contributed by atoms with Crippen LogP contribution in [0.5, 0.6) is 0 Å². The second-order valence-electron chi connectivity index (χ2n) is 3.55. The third-order valence-corrected chi connectivity index (χ3v) is 3.21. The molecule has 0 radical (unpaired) electrons. The molecular formula is C10H10IN3O. The summed E-state index contributed by atoms with van der Waals surface area (Å²) in [4.78, 5) is 7.51. The van der Waals surface area contributed by atoms with E-state index in [4.69, 9.17) is 4.42 Å². The van der Waals surface area contributed by atoms with Gasteiger partial charge >= 0.3 is 0 Å². The summed E-state index contributed by atoms with van der Waals surface area (Å²) in [6.07, 6.45) is 2.75. The molecule has 0 saturated heterocycles. The van der Waals surface area contributed by atoms with Crippen molar-refractivity contribution >= 4 is 22.6 Å². The van der Waals surface area contributed by atoms with Crippen LogP contribution in [-0.4, -0.2) is 16.5 Å². The monoisotopic (exact) mass is 315 g/mol. The molecule has 4 nitrogen and oxygen atoms in total. The number of hydrogen-bond donors (Lipinski definition) is 2. The highest BCUT2D eigenvalue weighted by atomic mass is 127. The lowest BCUT2D eigenvalue weighted by Crippen LogP contribution is -2.30. The van der Waals surface area contributed by atoms with Gasteiger partial charge in [-0.15, -0.1) is 0 Å². The van der Waals surface area contributed by atoms with E-state index in [1.54, 1.807) is 6.33 Å². The highest BCUT2D eigenvalue weighted by molar-refractivity contribution is 14.1. The normalized spacial score (nSPS) is 20.2. The van der Waals surface area contributed by atoms with E-state index in [9.17, 15) is 0 Å². The fourth-order valence-corrected chi connectivity index (χ4v) is 2.37. The Labute approximate surface area is 101 Å². The molecule has 1 aliphatic heterocycles. The number of aromatic nitrogens is 2. The van der Waals surface area contributed by atoms with Crippen molar-refractivity contribution < 1.29 is 4.42 Å². The first kappa shape index (κ1) is 9.41. The highest BCUT2D eigenvalue weighted by Gasteiger charge is 2.25. The summed E-state index contributed by atoms with van der Waals surface area (Å²) in [5, 5.41) is 3.41. The van der Waals surface area contributed by atoms with E-state index in [-0.39, 0.29) is 6.04 Å². The second-order valence-corrected chi connectivity index (χ2v) is 4.61. The van der Waals surface area contributed by atoms with Gasteiger partial charge in [-0.25, -0.2) is 4.98 Å². The third kappa shape index (κ3) is 1.59. The van der Waals surface area contributed by atoms with Gasteiger partial charge in [0.05, 0.1) is 12.0 Å². The molecule has 15 heavy (non-hydrogen) atoms. The predicted molar refractivity (Wildman–Crippen MR) is 63.6 cm³/mol. The quantitative estimate of drug-likeness (QED) is 0.790. The zero-order valence-electron chi connectivity index (χ0n) is 7.96. The molecule has 3 rings (SSSR count). The first-order valence-corrected chi connectivity index (χ1v) is 5.93. The van der Waals surface area contributed by atoms with E-state index < -0.39 is 0 Å². The van der Waals surface area contributed by atoms with Gasteiger partial charge in [0.25, 0.3) is 0 Å². The molecule has 0 aromatic carbocycles. The maximum Gasteiger partial charge on any atom is 0.164 e. The maximum absolute atomic E-state index is 5.62. The molecule has 0 amide bonds. The van der Waals surface area contributed by atoms with Crippen molar-refractivity contribution in [3.63, 3.8) is 0 Å². The number of hydrogen-bond acceptors (Lipinski definition) is 3. The summed E-state index contributed by atoms with van der Waals surface area (Å²) in [5.41, 5.74) is 2.28. The number of fused-ring (bicyclic) bond motifs is 1. The van der Waals surface area contributed by atoms with Crippen LogP contribution >= 0.6 is 22.6 Å². The Morgan fingerprint density at radius 1 is 1.47 bits per heavy atom. The van der Waals surface area contributed by atoms with Crippen LogP contribution in [0.25, 0.3) is 0 Å². The lowest BCUT2D eigenvalue weighted by molar-refractivity contribution is 0.416. The SMILES string of the molecule is Ic1ccc(C2NCCc3[nH]cnc32)o1. The van der Waals surface area contributed by atoms with Crippen LogP contribution in [-0.2, 0) is 6.42 Å². The highest BCUT2D eigenvalue weighted by Crippen LogP contribution is 2.27. The topological polar surface area (TPSA) is 53.9 Å². The van der Waals surface area contributed by atoms with Crippen LogP contribution in [0, 0.1) is 3.77 Å². The van der Waals surface area contributed by atoms with Gasteiger partial charge in [-0.1, -0.05) is 0 Å². The molecule has 0 saturated carbocycles. The Hall–Kier alpha value is -0.820. The van der Waals surface area contributed by atoms with Crippen LogP contribution in [0.15, 0.2) is 22.9 Å². The third-order valence-electron chi connectivity index (χ3n) is 2.63. The molecule has 1 unspecified atom stereocenters. The number of nitrogens with one attached hydrogen (secondary N) is 2. The molecule has 78 valence electrons. The number of H-pyrrole nitrogens is 1. The Bertz CT molecular complexity index is 476. The maximum atomic E-state index is 5.62. The van der Waals surface area contributed by atoms with Crippen LogP contribution in [0.4, 0.5) is 0 Å². The molecule has 1 atom stereocenters. The number of rotatable bonds is 1. The molecule has 0 spiro atoms. The van der Waals surface area contributed by atoms with Crippen LogP contribution in [0.2, 0.25) is 0 Å². The van der Waals surface area contributed by atoms with Gasteiger partial charge in [-0.3, -0.25) is 0 Å². The average Bonchev–Trinajstić information content (AvgIpc) is 2.84. The molecular weight excluding hydrogens is 305 g/mol. The van der Waals surface area contributed by atoms with Crippen molar-refractivity contribution in [3.05, 3.63) is 39.4 Å². The Morgan fingerprint density at radius 3 is 3.20 bits per heavy atom. The number of halogens is 1. The lowest BCUT2D eigenvalue weighted by atomic mass is 10.0. The lowest BCUT2D eigenvalue weighted by Gasteiger charge is -2.20. The zero-order valence-corrected chi connectivity index (χ0v) is 10.1. The van der Waals surface area contributed by atoms with Gasteiger partial charge in [0, 0.05) is 18.7 Å². The van der Waals surface area contributed by atoms with Crippen LogP contribution in [0.1, 0.15) is 23.2 Å². The van der Waals surface area contributed by atoms with Gasteiger partial charge in [0.15, 0.2) is 3.77 Å². The molecule has 3 heterocycles. The molecule has 0 fully saturated rings. The minimum atomic E-state index is 0.100. The fraction of sp³-hybridized carbons (Fsp3) is 0.300. The van der Waals surface area contributed by atoms with Crippen LogP contribution < -0.4 is 5.32 Å². The van der Waals surface area contributed by atoms with Crippen LogP contribution in [0.3, 0.4) is 0 Å². The van der Waals surface area contributed by atoms with E-state index in [2.05, 4.69) is 37.9 Å². The molecule has 0 bridgehead atoms. The van der Waals surface area contributed by atoms with Crippen molar-refractivity contribution in [2.45, 2.75) is 12.5 Å². The number of aromatic amines is 1. The van der Waals surface area contributed by atoms with Gasteiger partial charge in [-0.05, 0) is 34.7 Å². The van der Waals surface area contributed by atoms with Crippen molar-refractivity contribution in [3.8, 4) is 0 Å². The summed E-state index contributed by atoms with van der Waals surface area (Å²) in [5.74, 6) is 0.937. The number of imidazole rings is 1. The molecule has 5 heteroatoms. The van der Waals surface area contributed by atoms with E-state index >= 15 is 0 Å². The van der Waals surface area contributed by atoms with E-state index in [1.807, 2.05) is 12.1 Å². The van der Waals surface area contributed by atoms with E-state index in [1.165, 1.54) is 5.69 Å². The summed E-state index contributed by atoms with van der Waals surface area (Å²) in [7, 11) is 0. The first-order chi connectivity index (χ1) is 7.34. The van der Waals surface area contributed by atoms with E-state index in [0.29, 0.717) is 0 Å². The van der Waals surface area contributed by atoms with Gasteiger partial charge in [0.2, 0.25) is 0 Å². The zero-order chi connectivity index (χ0) is 10.3. The van der Waals surface area contributed by atoms with Crippen molar-refractivity contribution in [2.24, 2.45) is 0 Å². The summed E-state index contributed by atoms with van der Waals surface area (Å²) < 4.78 is 6.53. The van der Waals surface area contributed by atoms with Gasteiger partial charge in [-0.2, -0.15) is 0 Å². The summed E-state index contributed by atoms with van der Waals surface area (Å²) >= 11 is 2.17. The first-order valence-electron chi connectivity index (χ1n) is 4.85. The molecule has 2 N–H and O–H groups in total. The molecule has 0 aliphatic carbocycles. The number of furan rings is 1. The summed E-state index contributed by atoms with van der Waals surface area (Å²) in [6, 6.07) is 4.07. The van der Waals surface area contributed by atoms with Crippen molar-refractivity contribution in [1.29, 1.82) is 0 Å². The summed E-state index contributed by atoms with van der Waals surface area (Å²) in [6.45, 7) is 0.955. The van der Waals surface area contributed by atoms with Crippen molar-refractivity contribution in [1.82, 2.24) is 15.3 Å². The van der Waals surface area contributed by atoms with Crippen molar-refractivity contribution in [2.75, 3.05) is 6.54 Å². The molecule has 1 aliphatic rings. The average molecular weight is 315 g/mol. The fourth-order valence-electron chi connectivity index (χ4n) is 1.94. The number of nitrogens with zero attached hydrogens (tertiary/aromatic N) is 1. The van der Waals surface area contributed by atoms with E-state index in [0.717, 1.165) is 28.2 Å². The standard InChI is InChI=1S/C10H10IN3O/c11-8-2-1-7(15-8)10-9-6(3-4-12-10)13-5-14-9/h1-2,5,10,12H,3-4H2,(H,13,14). The Balaban J connectivity index is 2.02. The smallest absolute Gasteiger partial charge is 0.164 e. The minimum Gasteiger partial charge on any atom is -0.453 e.